The molecule has 0 spiro atoms. The molecule has 6 heteroatoms. The Morgan fingerprint density at radius 2 is 1.81 bits per heavy atom. The molecule has 6 nitrogen and oxygen atoms in total. The molecular weight excluding hydrogens is 274 g/mol. The quantitative estimate of drug-likeness (QED) is 0.477. The van der Waals surface area contributed by atoms with Gasteiger partial charge in [-0.05, 0) is 12.5 Å². The highest BCUT2D eigenvalue weighted by Crippen LogP contribution is 2.18. The average molecular weight is 295 g/mol. The van der Waals surface area contributed by atoms with Crippen molar-refractivity contribution in [1.82, 2.24) is 0 Å². The fourth-order valence-electron chi connectivity index (χ4n) is 1.81. The lowest BCUT2D eigenvalue weighted by atomic mass is 10.00. The van der Waals surface area contributed by atoms with Crippen LogP contribution in [0.2, 0.25) is 0 Å². The van der Waals surface area contributed by atoms with Crippen LogP contribution in [0.4, 0.5) is 0 Å². The second-order valence-electron chi connectivity index (χ2n) is 4.60. The van der Waals surface area contributed by atoms with E-state index in [-0.39, 0.29) is 25.2 Å². The molecule has 2 atom stereocenters. The summed E-state index contributed by atoms with van der Waals surface area (Å²) in [5, 5.41) is 19.2. The largest absolute Gasteiger partial charge is 0.466 e. The summed E-state index contributed by atoms with van der Waals surface area (Å²) >= 11 is 0. The van der Waals surface area contributed by atoms with Crippen LogP contribution in [-0.4, -0.2) is 41.2 Å². The zero-order valence-electron chi connectivity index (χ0n) is 12.0. The van der Waals surface area contributed by atoms with E-state index in [2.05, 4.69) is 0 Å². The van der Waals surface area contributed by atoms with Crippen LogP contribution in [0.15, 0.2) is 24.3 Å². The number of ether oxygens (including phenoxy) is 1. The summed E-state index contributed by atoms with van der Waals surface area (Å²) in [6, 6.07) is 6.22. The maximum atomic E-state index is 11.9. The molecule has 0 saturated heterocycles. The number of nitrogens with two attached hydrogens (primary N) is 1. The van der Waals surface area contributed by atoms with Crippen LogP contribution >= 0.6 is 0 Å². The lowest BCUT2D eigenvalue weighted by Crippen LogP contribution is -2.27. The molecule has 0 amide bonds. The third-order valence-corrected chi connectivity index (χ3v) is 3.04. The van der Waals surface area contributed by atoms with Crippen molar-refractivity contribution in [1.29, 1.82) is 0 Å². The predicted octanol–water partition coefficient (Wildman–Crippen LogP) is 0.566. The number of hydrogen-bond acceptors (Lipinski definition) is 6. The molecule has 0 fully saturated rings. The van der Waals surface area contributed by atoms with Gasteiger partial charge in [0.1, 0.15) is 6.10 Å². The molecule has 0 aromatic heterocycles. The molecular formula is C15H21NO5. The van der Waals surface area contributed by atoms with Crippen LogP contribution in [0.25, 0.3) is 0 Å². The Hall–Kier alpha value is -1.76. The Morgan fingerprint density at radius 1 is 1.19 bits per heavy atom. The van der Waals surface area contributed by atoms with Gasteiger partial charge in [-0.3, -0.25) is 9.59 Å². The molecule has 0 saturated carbocycles. The normalized spacial score (nSPS) is 13.5. The van der Waals surface area contributed by atoms with Gasteiger partial charge in [-0.2, -0.15) is 0 Å². The van der Waals surface area contributed by atoms with Crippen molar-refractivity contribution < 1.29 is 24.5 Å². The summed E-state index contributed by atoms with van der Waals surface area (Å²) < 4.78 is 4.75. The Kier molecular flexibility index (Phi) is 7.01. The van der Waals surface area contributed by atoms with Gasteiger partial charge < -0.3 is 20.7 Å². The summed E-state index contributed by atoms with van der Waals surface area (Å²) in [6.45, 7) is 1.95. The van der Waals surface area contributed by atoms with E-state index < -0.39 is 18.2 Å². The fraction of sp³-hybridized carbons (Fsp3) is 0.467. The second-order valence-corrected chi connectivity index (χ2v) is 4.60. The van der Waals surface area contributed by atoms with Crippen LogP contribution in [-0.2, 0) is 9.53 Å². The summed E-state index contributed by atoms with van der Waals surface area (Å²) in [5.74, 6) is -0.576. The maximum Gasteiger partial charge on any atom is 0.306 e. The molecule has 116 valence electrons. The Balaban J connectivity index is 2.61. The van der Waals surface area contributed by atoms with Gasteiger partial charge in [0.15, 0.2) is 5.78 Å². The maximum absolute atomic E-state index is 11.9. The molecule has 1 rings (SSSR count). The van der Waals surface area contributed by atoms with Crippen molar-refractivity contribution in [2.75, 3.05) is 13.2 Å². The Bertz CT molecular complexity index is 471. The van der Waals surface area contributed by atoms with Gasteiger partial charge >= 0.3 is 5.97 Å². The minimum absolute atomic E-state index is 0.0446. The molecule has 0 heterocycles. The standard InChI is InChI=1S/C15H21NO5/c1-2-21-14(19)8-7-12(17)10-3-5-11(6-4-10)15(20)13(18)9-16/h3-6,13,15,18,20H,2,7-9,16H2,1H3. The number of hydrogen-bond donors (Lipinski definition) is 3. The molecule has 2 unspecified atom stereocenters. The van der Waals surface area contributed by atoms with Gasteiger partial charge in [-0.1, -0.05) is 24.3 Å². The van der Waals surface area contributed by atoms with Gasteiger partial charge in [0.2, 0.25) is 0 Å². The first-order valence-corrected chi connectivity index (χ1v) is 6.84. The van der Waals surface area contributed by atoms with Crippen LogP contribution in [0.3, 0.4) is 0 Å². The minimum Gasteiger partial charge on any atom is -0.466 e. The minimum atomic E-state index is -1.08. The summed E-state index contributed by atoms with van der Waals surface area (Å²) in [6.07, 6.45) is -2.01. The van der Waals surface area contributed by atoms with Crippen LogP contribution < -0.4 is 5.73 Å². The topological polar surface area (TPSA) is 110 Å². The molecule has 0 aliphatic heterocycles. The number of carbonyl (C=O) groups is 2. The number of aliphatic hydroxyl groups excluding tert-OH is 2. The van der Waals surface area contributed by atoms with E-state index in [1.807, 2.05) is 0 Å². The van der Waals surface area contributed by atoms with Gasteiger partial charge in [0.05, 0.1) is 19.1 Å². The van der Waals surface area contributed by atoms with E-state index in [4.69, 9.17) is 10.5 Å². The SMILES string of the molecule is CCOC(=O)CCC(=O)c1ccc(C(O)C(O)CN)cc1. The van der Waals surface area contributed by atoms with Gasteiger partial charge in [0, 0.05) is 18.5 Å². The van der Waals surface area contributed by atoms with Crippen molar-refractivity contribution in [2.24, 2.45) is 5.73 Å². The van der Waals surface area contributed by atoms with Gasteiger partial charge in [-0.25, -0.2) is 0 Å². The molecule has 21 heavy (non-hydrogen) atoms. The van der Waals surface area contributed by atoms with E-state index in [0.29, 0.717) is 17.7 Å². The predicted molar refractivity (Wildman–Crippen MR) is 76.7 cm³/mol. The Labute approximate surface area is 123 Å². The van der Waals surface area contributed by atoms with E-state index in [1.54, 1.807) is 31.2 Å². The molecule has 1 aromatic carbocycles. The van der Waals surface area contributed by atoms with Gasteiger partial charge in [0.25, 0.3) is 0 Å². The number of Topliss-reactive ketones (excluding diaryl/α,β-unsaturated/α-hetero) is 1. The number of benzene rings is 1. The summed E-state index contributed by atoms with van der Waals surface area (Å²) in [4.78, 5) is 23.1. The fourth-order valence-corrected chi connectivity index (χ4v) is 1.81. The number of esters is 1. The first-order chi connectivity index (χ1) is 9.99. The van der Waals surface area contributed by atoms with E-state index >= 15 is 0 Å². The average Bonchev–Trinajstić information content (AvgIpc) is 2.51. The molecule has 0 bridgehead atoms. The third kappa shape index (κ3) is 5.26. The third-order valence-electron chi connectivity index (χ3n) is 3.04. The number of ketones is 1. The van der Waals surface area contributed by atoms with Crippen molar-refractivity contribution in [3.8, 4) is 0 Å². The monoisotopic (exact) mass is 295 g/mol. The smallest absolute Gasteiger partial charge is 0.306 e. The highest BCUT2D eigenvalue weighted by Gasteiger charge is 2.17. The van der Waals surface area contributed by atoms with Crippen molar-refractivity contribution in [2.45, 2.75) is 32.0 Å². The second kappa shape index (κ2) is 8.51. The lowest BCUT2D eigenvalue weighted by Gasteiger charge is -2.16. The van der Waals surface area contributed by atoms with Crippen LogP contribution in [0.1, 0.15) is 41.8 Å². The molecule has 4 N–H and O–H groups in total. The van der Waals surface area contributed by atoms with Crippen molar-refractivity contribution in [3.63, 3.8) is 0 Å². The molecule has 0 radical (unpaired) electrons. The number of aliphatic hydroxyl groups is 2. The molecule has 0 aliphatic rings. The summed E-state index contributed by atoms with van der Waals surface area (Å²) in [5.41, 5.74) is 6.20. The van der Waals surface area contributed by atoms with E-state index in [9.17, 15) is 19.8 Å². The zero-order chi connectivity index (χ0) is 15.8. The zero-order valence-corrected chi connectivity index (χ0v) is 12.0. The Morgan fingerprint density at radius 3 is 2.33 bits per heavy atom. The lowest BCUT2D eigenvalue weighted by molar-refractivity contribution is -0.143. The number of carbonyl (C=O) groups excluding carboxylic acids is 2. The van der Waals surface area contributed by atoms with Crippen molar-refractivity contribution >= 4 is 11.8 Å². The number of rotatable bonds is 8. The van der Waals surface area contributed by atoms with Crippen LogP contribution in [0, 0.1) is 0 Å². The van der Waals surface area contributed by atoms with Crippen molar-refractivity contribution in [3.05, 3.63) is 35.4 Å². The highest BCUT2D eigenvalue weighted by molar-refractivity contribution is 5.97. The molecule has 0 aliphatic carbocycles. The molecule has 1 aromatic rings. The van der Waals surface area contributed by atoms with E-state index in [1.165, 1.54) is 0 Å². The summed E-state index contributed by atoms with van der Waals surface area (Å²) in [7, 11) is 0. The first-order valence-electron chi connectivity index (χ1n) is 6.84. The first kappa shape index (κ1) is 17.3. The van der Waals surface area contributed by atoms with E-state index in [0.717, 1.165) is 0 Å². The van der Waals surface area contributed by atoms with Gasteiger partial charge in [-0.15, -0.1) is 0 Å². The van der Waals surface area contributed by atoms with Crippen LogP contribution in [0.5, 0.6) is 0 Å². The highest BCUT2D eigenvalue weighted by atomic mass is 16.5.